The van der Waals surface area contributed by atoms with Gasteiger partial charge >= 0.3 is 0 Å². The number of carbonyl (C=O) groups is 1. The van der Waals surface area contributed by atoms with Crippen LogP contribution in [-0.4, -0.2) is 48.6 Å². The quantitative estimate of drug-likeness (QED) is 0.350. The number of amides is 1. The molecule has 2 N–H and O–H groups in total. The van der Waals surface area contributed by atoms with Gasteiger partial charge in [0.05, 0.1) is 29.9 Å². The standard InChI is InChI=1S/C33H31N5O2/c1-38-16-14-24-11-12-26(17-28(24)33(38)39)27-18-29-32(37-20-27)40-30(21-36-29)31(25-5-3-2-4-6-25)35-15-13-22-7-9-23(19-34)10-8-22/h2-12,17-18,20,30-31,35-36H,13-16,21H2,1H3/t30-,31+/m0/s1. The van der Waals surface area contributed by atoms with Crippen LogP contribution in [0.25, 0.3) is 11.1 Å². The van der Waals surface area contributed by atoms with Crippen molar-refractivity contribution < 1.29 is 9.53 Å². The smallest absolute Gasteiger partial charge is 0.253 e. The van der Waals surface area contributed by atoms with Crippen LogP contribution in [0.1, 0.15) is 38.7 Å². The minimum atomic E-state index is -0.161. The van der Waals surface area contributed by atoms with E-state index in [1.807, 2.05) is 67.8 Å². The van der Waals surface area contributed by atoms with Crippen LogP contribution >= 0.6 is 0 Å². The maximum atomic E-state index is 12.7. The molecular formula is C33H31N5O2. The highest BCUT2D eigenvalue weighted by molar-refractivity contribution is 5.98. The number of benzene rings is 3. The molecule has 3 heterocycles. The lowest BCUT2D eigenvalue weighted by atomic mass is 9.94. The minimum absolute atomic E-state index is 0.0367. The van der Waals surface area contributed by atoms with Crippen molar-refractivity contribution in [3.63, 3.8) is 0 Å². The van der Waals surface area contributed by atoms with Gasteiger partial charge in [0, 0.05) is 30.9 Å². The zero-order chi connectivity index (χ0) is 27.5. The Morgan fingerprint density at radius 1 is 1.10 bits per heavy atom. The van der Waals surface area contributed by atoms with Crippen LogP contribution in [0, 0.1) is 11.3 Å². The summed E-state index contributed by atoms with van der Waals surface area (Å²) in [5.74, 6) is 0.639. The van der Waals surface area contributed by atoms with Gasteiger partial charge in [-0.3, -0.25) is 4.79 Å². The Morgan fingerprint density at radius 3 is 2.73 bits per heavy atom. The van der Waals surface area contributed by atoms with E-state index >= 15 is 0 Å². The molecule has 7 nitrogen and oxygen atoms in total. The molecule has 6 rings (SSSR count). The molecule has 40 heavy (non-hydrogen) atoms. The molecule has 0 unspecified atom stereocenters. The topological polar surface area (TPSA) is 90.3 Å². The van der Waals surface area contributed by atoms with E-state index in [9.17, 15) is 4.79 Å². The number of rotatable bonds is 7. The van der Waals surface area contributed by atoms with Crippen molar-refractivity contribution in [2.24, 2.45) is 0 Å². The number of ether oxygens (including phenoxy) is 1. The van der Waals surface area contributed by atoms with Crippen molar-refractivity contribution in [2.45, 2.75) is 25.0 Å². The SMILES string of the molecule is CN1CCc2ccc(-c3cnc4c(c3)NC[C@@H]([C@H](NCCc3ccc(C#N)cc3)c3ccccc3)O4)cc2C1=O. The van der Waals surface area contributed by atoms with Crippen LogP contribution in [0.3, 0.4) is 0 Å². The summed E-state index contributed by atoms with van der Waals surface area (Å²) in [4.78, 5) is 19.1. The fraction of sp³-hybridized carbons (Fsp3) is 0.242. The number of nitrogens with one attached hydrogen (secondary N) is 2. The van der Waals surface area contributed by atoms with E-state index in [1.165, 1.54) is 5.56 Å². The lowest BCUT2D eigenvalue weighted by molar-refractivity contribution is 0.0781. The van der Waals surface area contributed by atoms with Crippen LogP contribution in [0.15, 0.2) is 85.1 Å². The third-order valence-corrected chi connectivity index (χ3v) is 7.74. The zero-order valence-corrected chi connectivity index (χ0v) is 22.4. The third kappa shape index (κ3) is 5.27. The molecule has 0 bridgehead atoms. The molecule has 0 aliphatic carbocycles. The number of fused-ring (bicyclic) bond motifs is 2. The fourth-order valence-electron chi connectivity index (χ4n) is 5.42. The number of nitrogens with zero attached hydrogens (tertiary/aromatic N) is 3. The summed E-state index contributed by atoms with van der Waals surface area (Å²) in [6.45, 7) is 2.13. The number of aromatic nitrogens is 1. The van der Waals surface area contributed by atoms with Crippen molar-refractivity contribution in [3.05, 3.63) is 113 Å². The molecule has 0 saturated heterocycles. The van der Waals surface area contributed by atoms with Crippen molar-refractivity contribution in [3.8, 4) is 23.1 Å². The number of hydrogen-bond acceptors (Lipinski definition) is 6. The third-order valence-electron chi connectivity index (χ3n) is 7.74. The molecule has 0 spiro atoms. The molecule has 2 atom stereocenters. The van der Waals surface area contributed by atoms with Crippen LogP contribution in [-0.2, 0) is 12.8 Å². The first-order valence-electron chi connectivity index (χ1n) is 13.7. The van der Waals surface area contributed by atoms with Crippen molar-refractivity contribution >= 4 is 11.6 Å². The molecular weight excluding hydrogens is 498 g/mol. The predicted octanol–water partition coefficient (Wildman–Crippen LogP) is 4.99. The summed E-state index contributed by atoms with van der Waals surface area (Å²) in [6.07, 6.45) is 3.37. The van der Waals surface area contributed by atoms with E-state index in [1.54, 1.807) is 4.90 Å². The van der Waals surface area contributed by atoms with E-state index in [2.05, 4.69) is 46.0 Å². The average Bonchev–Trinajstić information content (AvgIpc) is 3.01. The molecule has 200 valence electrons. The molecule has 2 aliphatic heterocycles. The van der Waals surface area contributed by atoms with Gasteiger partial charge in [0.25, 0.3) is 5.91 Å². The highest BCUT2D eigenvalue weighted by Crippen LogP contribution is 2.35. The Kier molecular flexibility index (Phi) is 7.17. The van der Waals surface area contributed by atoms with Crippen LogP contribution < -0.4 is 15.4 Å². The first kappa shape index (κ1) is 25.6. The predicted molar refractivity (Wildman–Crippen MR) is 155 cm³/mol. The maximum Gasteiger partial charge on any atom is 0.253 e. The van der Waals surface area contributed by atoms with Gasteiger partial charge in [-0.05, 0) is 65.9 Å². The molecule has 0 fully saturated rings. The highest BCUT2D eigenvalue weighted by atomic mass is 16.5. The number of anilines is 1. The average molecular weight is 530 g/mol. The van der Waals surface area contributed by atoms with Crippen molar-refractivity contribution in [2.75, 3.05) is 32.0 Å². The van der Waals surface area contributed by atoms with Crippen LogP contribution in [0.4, 0.5) is 5.69 Å². The molecule has 3 aromatic carbocycles. The monoisotopic (exact) mass is 529 g/mol. The van der Waals surface area contributed by atoms with Crippen molar-refractivity contribution in [1.29, 1.82) is 5.26 Å². The normalized spacial score (nSPS) is 16.6. The molecule has 7 heteroatoms. The minimum Gasteiger partial charge on any atom is -0.469 e. The Morgan fingerprint density at radius 2 is 1.93 bits per heavy atom. The lowest BCUT2D eigenvalue weighted by Crippen LogP contribution is -2.43. The van der Waals surface area contributed by atoms with Gasteiger partial charge < -0.3 is 20.3 Å². The fourth-order valence-corrected chi connectivity index (χ4v) is 5.42. The first-order valence-corrected chi connectivity index (χ1v) is 13.7. The summed E-state index contributed by atoms with van der Waals surface area (Å²) in [7, 11) is 1.85. The van der Waals surface area contributed by atoms with Gasteiger partial charge in [0.2, 0.25) is 5.88 Å². The van der Waals surface area contributed by atoms with Gasteiger partial charge in [-0.25, -0.2) is 4.98 Å². The summed E-state index contributed by atoms with van der Waals surface area (Å²) in [5.41, 5.74) is 7.62. The van der Waals surface area contributed by atoms with Gasteiger partial charge in [0.15, 0.2) is 0 Å². The molecule has 1 aromatic heterocycles. The lowest BCUT2D eigenvalue weighted by Gasteiger charge is -2.33. The van der Waals surface area contributed by atoms with E-state index in [0.717, 1.165) is 59.4 Å². The number of likely N-dealkylation sites (N-methyl/N-ethyl adjacent to an activating group) is 1. The van der Waals surface area contributed by atoms with Gasteiger partial charge in [-0.1, -0.05) is 54.6 Å². The van der Waals surface area contributed by atoms with Gasteiger partial charge in [-0.2, -0.15) is 5.26 Å². The Balaban J connectivity index is 1.18. The summed E-state index contributed by atoms with van der Waals surface area (Å²) < 4.78 is 6.46. The molecule has 0 saturated carbocycles. The van der Waals surface area contributed by atoms with E-state index < -0.39 is 0 Å². The second-order valence-electron chi connectivity index (χ2n) is 10.4. The number of hydrogen-bond donors (Lipinski definition) is 2. The van der Waals surface area contributed by atoms with E-state index in [4.69, 9.17) is 10.00 Å². The second-order valence-corrected chi connectivity index (χ2v) is 10.4. The number of carbonyl (C=O) groups excluding carboxylic acids is 1. The Labute approximate surface area is 234 Å². The zero-order valence-electron chi connectivity index (χ0n) is 22.4. The molecule has 2 aliphatic rings. The Hall–Kier alpha value is -4.67. The number of pyridine rings is 1. The van der Waals surface area contributed by atoms with E-state index in [-0.39, 0.29) is 18.1 Å². The van der Waals surface area contributed by atoms with Crippen LogP contribution in [0.5, 0.6) is 5.88 Å². The van der Waals surface area contributed by atoms with Crippen molar-refractivity contribution in [1.82, 2.24) is 15.2 Å². The molecule has 4 aromatic rings. The summed E-state index contributed by atoms with van der Waals surface area (Å²) in [6, 6.07) is 28.3. The maximum absolute atomic E-state index is 12.7. The molecule has 1 amide bonds. The largest absolute Gasteiger partial charge is 0.469 e. The summed E-state index contributed by atoms with van der Waals surface area (Å²) >= 11 is 0. The molecule has 0 radical (unpaired) electrons. The summed E-state index contributed by atoms with van der Waals surface area (Å²) in [5, 5.41) is 16.3. The van der Waals surface area contributed by atoms with E-state index in [0.29, 0.717) is 18.0 Å². The first-order chi connectivity index (χ1) is 19.6. The highest BCUT2D eigenvalue weighted by Gasteiger charge is 2.30. The van der Waals surface area contributed by atoms with Gasteiger partial charge in [0.1, 0.15) is 6.10 Å². The van der Waals surface area contributed by atoms with Gasteiger partial charge in [-0.15, -0.1) is 0 Å². The Bertz CT molecular complexity index is 1560. The second kappa shape index (κ2) is 11.2. The number of nitriles is 1. The van der Waals surface area contributed by atoms with Crippen LogP contribution in [0.2, 0.25) is 0 Å².